The van der Waals surface area contributed by atoms with E-state index < -0.39 is 31.7 Å². The number of hydrogen-bond acceptors (Lipinski definition) is 8. The summed E-state index contributed by atoms with van der Waals surface area (Å²) in [5.41, 5.74) is 0. The average molecular weight is 625 g/mol. The Morgan fingerprint density at radius 1 is 0.792 bits per heavy atom. The van der Waals surface area contributed by atoms with E-state index in [0.29, 0.717) is 13.1 Å². The van der Waals surface area contributed by atoms with Gasteiger partial charge in [-0.15, -0.1) is 0 Å². The Labute approximate surface area is 216 Å². The van der Waals surface area contributed by atoms with Crippen molar-refractivity contribution in [3.8, 4) is 0 Å². The first kappa shape index (κ1) is 37.2. The van der Waals surface area contributed by atoms with Crippen LogP contribution in [0.1, 0.15) is 14.3 Å². The summed E-state index contributed by atoms with van der Waals surface area (Å²) in [5.74, 6) is -0.834. The van der Waals surface area contributed by atoms with Gasteiger partial charge in [0.1, 0.15) is 6.67 Å². The van der Waals surface area contributed by atoms with Crippen molar-refractivity contribution in [2.24, 2.45) is 0 Å². The van der Waals surface area contributed by atoms with E-state index in [0.717, 1.165) is 0 Å². The van der Waals surface area contributed by atoms with E-state index >= 15 is 0 Å². The molecule has 0 aliphatic carbocycles. The summed E-state index contributed by atoms with van der Waals surface area (Å²) in [6, 6.07) is 0. The standard InChI is InChI=1S/C9H17N2O6S2.2ClH.2Na.Pt.H2/c12-18(13,14)7-1-3-10-5-6-11(9-10)4-2-8-19(15,16)17;;;;;;/h5-6,9H,1-4,7-8H2,(H,12,13,14)(H,15,16,17);2*1H;;;;1H/q;;;2*+1;+2;/p-4. The van der Waals surface area contributed by atoms with E-state index in [-0.39, 0.29) is 119 Å². The fourth-order valence-corrected chi connectivity index (χ4v) is 2.52. The van der Waals surface area contributed by atoms with Gasteiger partial charge in [0.15, 0.2) is 0 Å². The molecule has 0 amide bonds. The maximum Gasteiger partial charge on any atom is 2.00 e. The zero-order valence-corrected chi connectivity index (χ0v) is 22.6. The smallest absolute Gasteiger partial charge is 1.00 e. The molecular formula is C9H17Cl2N2Na2O6PtS2. The van der Waals surface area contributed by atoms with Crippen LogP contribution < -0.4 is 83.9 Å². The Morgan fingerprint density at radius 3 is 1.33 bits per heavy atom. The van der Waals surface area contributed by atoms with Crippen molar-refractivity contribution >= 4 is 20.2 Å². The summed E-state index contributed by atoms with van der Waals surface area (Å²) < 4.78 is 62.4. The largest absolute Gasteiger partial charge is 2.00 e. The summed E-state index contributed by atoms with van der Waals surface area (Å²) in [5, 5.41) is 0. The van der Waals surface area contributed by atoms with Crippen LogP contribution in [0.5, 0.6) is 0 Å². The van der Waals surface area contributed by atoms with Crippen LogP contribution >= 0.6 is 0 Å². The van der Waals surface area contributed by atoms with E-state index in [1.54, 1.807) is 28.9 Å². The second kappa shape index (κ2) is 17.5. The minimum Gasteiger partial charge on any atom is -1.00 e. The monoisotopic (exact) mass is 624 g/mol. The van der Waals surface area contributed by atoms with E-state index in [9.17, 15) is 25.9 Å². The second-order valence-corrected chi connectivity index (χ2v) is 7.17. The van der Waals surface area contributed by atoms with Gasteiger partial charge in [0.05, 0.1) is 20.2 Å². The van der Waals surface area contributed by atoms with Gasteiger partial charge < -0.3 is 43.7 Å². The topological polar surface area (TPSA) is 121 Å². The predicted octanol–water partition coefficient (Wildman–Crippen LogP) is -12.7. The van der Waals surface area contributed by atoms with Gasteiger partial charge in [-0.1, -0.05) is 0 Å². The molecule has 0 saturated heterocycles. The van der Waals surface area contributed by atoms with Crippen molar-refractivity contribution in [3.63, 3.8) is 0 Å². The van der Waals surface area contributed by atoms with Crippen molar-refractivity contribution in [2.45, 2.75) is 12.8 Å². The summed E-state index contributed by atoms with van der Waals surface area (Å²) in [7, 11) is -8.38. The molecule has 0 saturated carbocycles. The number of nitrogens with zero attached hydrogens (tertiary/aromatic N) is 2. The van der Waals surface area contributed by atoms with Crippen LogP contribution in [0.25, 0.3) is 0 Å². The number of halogens is 2. The van der Waals surface area contributed by atoms with Crippen molar-refractivity contribution in [2.75, 3.05) is 24.6 Å². The van der Waals surface area contributed by atoms with Crippen molar-refractivity contribution < 1.29 is 132 Å². The van der Waals surface area contributed by atoms with E-state index in [2.05, 4.69) is 0 Å². The van der Waals surface area contributed by atoms with Gasteiger partial charge in [-0.2, -0.15) is 0 Å². The van der Waals surface area contributed by atoms with Crippen LogP contribution in [0.2, 0.25) is 0 Å². The quantitative estimate of drug-likeness (QED) is 0.193. The third-order valence-corrected chi connectivity index (χ3v) is 3.94. The Kier molecular flexibility index (Phi) is 27.2. The van der Waals surface area contributed by atoms with E-state index in [1.165, 1.54) is 0 Å². The third kappa shape index (κ3) is 20.7. The van der Waals surface area contributed by atoms with Crippen LogP contribution in [0.4, 0.5) is 0 Å². The van der Waals surface area contributed by atoms with Gasteiger partial charge in [0, 0.05) is 38.4 Å². The van der Waals surface area contributed by atoms with Gasteiger partial charge in [-0.25, -0.2) is 16.8 Å². The molecule has 0 spiro atoms. The number of hydrogen-bond donors (Lipinski definition) is 0. The average Bonchev–Trinajstić information content (AvgIpc) is 2.62. The molecule has 0 aromatic heterocycles. The van der Waals surface area contributed by atoms with E-state index in [1.807, 2.05) is 0 Å². The van der Waals surface area contributed by atoms with Crippen molar-refractivity contribution in [1.29, 1.82) is 0 Å². The zero-order chi connectivity index (χ0) is 14.5. The maximum atomic E-state index is 10.4. The van der Waals surface area contributed by atoms with Gasteiger partial charge >= 0.3 is 80.2 Å². The molecule has 0 fully saturated rings. The molecule has 1 radical (unpaired) electrons. The van der Waals surface area contributed by atoms with Crippen LogP contribution in [0.15, 0.2) is 12.4 Å². The van der Waals surface area contributed by atoms with Crippen LogP contribution in [0, 0.1) is 6.67 Å². The molecular weight excluding hydrogens is 608 g/mol. The first-order valence-electron chi connectivity index (χ1n) is 5.58. The Balaban J connectivity index is -0.000000150. The summed E-state index contributed by atoms with van der Waals surface area (Å²) >= 11 is 0. The minimum atomic E-state index is -4.19. The summed E-state index contributed by atoms with van der Waals surface area (Å²) in [6.45, 7) is 2.43. The van der Waals surface area contributed by atoms with E-state index in [4.69, 9.17) is 0 Å². The Morgan fingerprint density at radius 2 is 1.08 bits per heavy atom. The molecule has 1 rings (SSSR count). The molecule has 8 nitrogen and oxygen atoms in total. The maximum absolute atomic E-state index is 10.4. The molecule has 1 heterocycles. The molecule has 1 aliphatic rings. The minimum absolute atomic E-state index is 0. The summed E-state index contributed by atoms with van der Waals surface area (Å²) in [4.78, 5) is 3.38. The van der Waals surface area contributed by atoms with Crippen molar-refractivity contribution in [1.82, 2.24) is 9.80 Å². The molecule has 0 atom stereocenters. The Bertz CT molecular complexity index is 498. The predicted molar refractivity (Wildman–Crippen MR) is 67.3 cm³/mol. The SMILES string of the molecule is O=S(=O)([O-])CCCN1[CH]N(CCCS(=O)(=O)[O-])C=C1.[Cl-].[Cl-].[HH].[Na+].[Na+].[Pt+2]. The zero-order valence-electron chi connectivity index (χ0n) is 13.2. The van der Waals surface area contributed by atoms with Crippen molar-refractivity contribution in [3.05, 3.63) is 19.1 Å². The van der Waals surface area contributed by atoms with Gasteiger partial charge in [-0.05, 0) is 12.8 Å². The molecule has 0 aromatic rings. The molecule has 1 aliphatic heterocycles. The van der Waals surface area contributed by atoms with Gasteiger partial charge in [-0.3, -0.25) is 0 Å². The first-order valence-corrected chi connectivity index (χ1v) is 8.73. The molecule has 137 valence electrons. The molecule has 0 unspecified atom stereocenters. The Hall–Kier alpha value is 2.43. The normalized spacial score (nSPS) is 12.9. The molecule has 15 heteroatoms. The number of rotatable bonds is 8. The first-order chi connectivity index (χ1) is 8.66. The molecule has 0 bridgehead atoms. The fourth-order valence-electron chi connectivity index (χ4n) is 1.55. The molecule has 0 aromatic carbocycles. The second-order valence-electron chi connectivity index (χ2n) is 4.12. The summed E-state index contributed by atoms with van der Waals surface area (Å²) in [6.07, 6.45) is 3.80. The van der Waals surface area contributed by atoms with Gasteiger partial charge in [0.2, 0.25) is 0 Å². The fraction of sp³-hybridized carbons (Fsp3) is 0.667. The molecule has 0 N–H and O–H groups in total. The molecule has 24 heavy (non-hydrogen) atoms. The van der Waals surface area contributed by atoms with Gasteiger partial charge in [0.25, 0.3) is 0 Å². The van der Waals surface area contributed by atoms with Crippen LogP contribution in [-0.4, -0.2) is 60.3 Å². The van der Waals surface area contributed by atoms with Crippen LogP contribution in [0.3, 0.4) is 0 Å². The third-order valence-electron chi connectivity index (χ3n) is 2.37. The van der Waals surface area contributed by atoms with Crippen LogP contribution in [-0.2, 0) is 41.3 Å².